The zero-order valence-corrected chi connectivity index (χ0v) is 14.8. The van der Waals surface area contributed by atoms with Crippen LogP contribution in [0.1, 0.15) is 43.6 Å². The van der Waals surface area contributed by atoms with Crippen molar-refractivity contribution >= 4 is 23.4 Å². The first-order chi connectivity index (χ1) is 12.2. The van der Waals surface area contributed by atoms with Crippen LogP contribution in [-0.2, 0) is 16.1 Å². The zero-order valence-electron chi connectivity index (χ0n) is 14.8. The number of anilines is 3. The van der Waals surface area contributed by atoms with Crippen molar-refractivity contribution in [3.8, 4) is 0 Å². The standard InChI is InChI=1S/C18H19F2N5O/c1-10-6-14(17(3,19)20)24-16(22-10)25-9-18(4-5-18)12-8-21-15(7-13(12)25)23-11(2)26/h6-8H,4-5,9H2,1-3H3,(H,21,23,26). The molecule has 4 rings (SSSR count). The normalized spacial score (nSPS) is 17.3. The average Bonchev–Trinajstić information content (AvgIpc) is 3.23. The van der Waals surface area contributed by atoms with E-state index in [-0.39, 0.29) is 23.0 Å². The van der Waals surface area contributed by atoms with E-state index in [4.69, 9.17) is 0 Å². The number of hydrogen-bond donors (Lipinski definition) is 1. The summed E-state index contributed by atoms with van der Waals surface area (Å²) in [6, 6.07) is 3.07. The fourth-order valence-corrected chi connectivity index (χ4v) is 3.45. The van der Waals surface area contributed by atoms with Crippen molar-refractivity contribution in [2.75, 3.05) is 16.8 Å². The Kier molecular flexibility index (Phi) is 3.51. The quantitative estimate of drug-likeness (QED) is 0.909. The summed E-state index contributed by atoms with van der Waals surface area (Å²) in [6.07, 6.45) is 3.79. The smallest absolute Gasteiger partial charge is 0.287 e. The third-order valence-electron chi connectivity index (χ3n) is 4.90. The van der Waals surface area contributed by atoms with Crippen molar-refractivity contribution in [3.63, 3.8) is 0 Å². The number of nitrogens with zero attached hydrogens (tertiary/aromatic N) is 4. The van der Waals surface area contributed by atoms with E-state index in [0.29, 0.717) is 18.1 Å². The number of halogens is 2. The molecule has 6 nitrogen and oxygen atoms in total. The second kappa shape index (κ2) is 5.43. The number of nitrogens with one attached hydrogen (secondary N) is 1. The van der Waals surface area contributed by atoms with E-state index in [1.165, 1.54) is 13.0 Å². The molecule has 2 aliphatic rings. The highest BCUT2D eigenvalue weighted by molar-refractivity contribution is 5.88. The number of rotatable bonds is 3. The molecule has 1 N–H and O–H groups in total. The maximum absolute atomic E-state index is 13.8. The van der Waals surface area contributed by atoms with Crippen LogP contribution in [0, 0.1) is 6.92 Å². The third-order valence-corrected chi connectivity index (χ3v) is 4.90. The predicted molar refractivity (Wildman–Crippen MR) is 92.8 cm³/mol. The summed E-state index contributed by atoms with van der Waals surface area (Å²) >= 11 is 0. The first-order valence-electron chi connectivity index (χ1n) is 8.48. The molecule has 1 saturated carbocycles. The lowest BCUT2D eigenvalue weighted by Crippen LogP contribution is -2.23. The lowest BCUT2D eigenvalue weighted by atomic mass is 10.0. The Morgan fingerprint density at radius 1 is 1.31 bits per heavy atom. The van der Waals surface area contributed by atoms with Gasteiger partial charge in [0.05, 0.1) is 5.69 Å². The molecule has 2 aromatic rings. The van der Waals surface area contributed by atoms with Crippen LogP contribution in [0.25, 0.3) is 0 Å². The second-order valence-corrected chi connectivity index (χ2v) is 7.22. The molecule has 1 amide bonds. The Labute approximate surface area is 149 Å². The summed E-state index contributed by atoms with van der Waals surface area (Å²) < 4.78 is 27.6. The summed E-state index contributed by atoms with van der Waals surface area (Å²) in [6.45, 7) is 4.55. The average molecular weight is 359 g/mol. The Morgan fingerprint density at radius 2 is 2.04 bits per heavy atom. The van der Waals surface area contributed by atoms with Crippen molar-refractivity contribution in [2.24, 2.45) is 0 Å². The summed E-state index contributed by atoms with van der Waals surface area (Å²) in [5, 5.41) is 2.66. The van der Waals surface area contributed by atoms with Crippen molar-refractivity contribution in [1.82, 2.24) is 15.0 Å². The molecule has 1 aliphatic heterocycles. The van der Waals surface area contributed by atoms with Gasteiger partial charge in [0, 0.05) is 49.3 Å². The van der Waals surface area contributed by atoms with Gasteiger partial charge in [-0.1, -0.05) is 0 Å². The molecule has 0 radical (unpaired) electrons. The Balaban J connectivity index is 1.80. The van der Waals surface area contributed by atoms with Gasteiger partial charge in [-0.25, -0.2) is 15.0 Å². The summed E-state index contributed by atoms with van der Waals surface area (Å²) in [5.41, 5.74) is 2.05. The van der Waals surface area contributed by atoms with Gasteiger partial charge in [-0.15, -0.1) is 0 Å². The number of alkyl halides is 2. The predicted octanol–water partition coefficient (Wildman–Crippen LogP) is 3.43. The summed E-state index contributed by atoms with van der Waals surface area (Å²) in [4.78, 5) is 26.0. The molecule has 1 aliphatic carbocycles. The van der Waals surface area contributed by atoms with Gasteiger partial charge < -0.3 is 10.2 Å². The van der Waals surface area contributed by atoms with Crippen molar-refractivity contribution in [3.05, 3.63) is 35.3 Å². The van der Waals surface area contributed by atoms with E-state index in [1.807, 2.05) is 4.90 Å². The van der Waals surface area contributed by atoms with Crippen molar-refractivity contribution < 1.29 is 13.6 Å². The molecule has 1 fully saturated rings. The fourth-order valence-electron chi connectivity index (χ4n) is 3.45. The zero-order chi connectivity index (χ0) is 18.7. The number of hydrogen-bond acceptors (Lipinski definition) is 5. The molecular weight excluding hydrogens is 340 g/mol. The van der Waals surface area contributed by atoms with Crippen LogP contribution in [0.5, 0.6) is 0 Å². The summed E-state index contributed by atoms with van der Waals surface area (Å²) in [7, 11) is 0. The largest absolute Gasteiger partial charge is 0.311 e. The minimum atomic E-state index is -3.04. The van der Waals surface area contributed by atoms with Gasteiger partial charge in [0.2, 0.25) is 11.9 Å². The molecule has 0 atom stereocenters. The van der Waals surface area contributed by atoms with E-state index >= 15 is 0 Å². The molecule has 8 heteroatoms. The third kappa shape index (κ3) is 2.79. The number of fused-ring (bicyclic) bond motifs is 2. The van der Waals surface area contributed by atoms with Gasteiger partial charge in [0.1, 0.15) is 11.5 Å². The van der Waals surface area contributed by atoms with Crippen LogP contribution in [-0.4, -0.2) is 27.4 Å². The van der Waals surface area contributed by atoms with Crippen LogP contribution in [0.2, 0.25) is 0 Å². The van der Waals surface area contributed by atoms with Gasteiger partial charge in [-0.05, 0) is 25.8 Å². The molecule has 0 aromatic carbocycles. The number of aromatic nitrogens is 3. The van der Waals surface area contributed by atoms with Gasteiger partial charge in [-0.2, -0.15) is 8.78 Å². The molecule has 2 aromatic heterocycles. The van der Waals surface area contributed by atoms with Crippen LogP contribution in [0.4, 0.5) is 26.2 Å². The minimum Gasteiger partial charge on any atom is -0.311 e. The lowest BCUT2D eigenvalue weighted by Gasteiger charge is -2.20. The molecule has 1 spiro atoms. The lowest BCUT2D eigenvalue weighted by molar-refractivity contribution is -0.114. The Hall–Kier alpha value is -2.64. The van der Waals surface area contributed by atoms with Crippen LogP contribution in [0.3, 0.4) is 0 Å². The molecule has 26 heavy (non-hydrogen) atoms. The van der Waals surface area contributed by atoms with Crippen LogP contribution in [0.15, 0.2) is 18.3 Å². The monoisotopic (exact) mass is 359 g/mol. The van der Waals surface area contributed by atoms with Crippen molar-refractivity contribution in [2.45, 2.75) is 45.0 Å². The second-order valence-electron chi connectivity index (χ2n) is 7.22. The SMILES string of the molecule is CC(=O)Nc1cc2c(cn1)C1(CC1)CN2c1nc(C)cc(C(C)(F)F)n1. The van der Waals surface area contributed by atoms with Gasteiger partial charge in [0.15, 0.2) is 0 Å². The highest BCUT2D eigenvalue weighted by Crippen LogP contribution is 2.57. The highest BCUT2D eigenvalue weighted by Gasteiger charge is 2.53. The van der Waals surface area contributed by atoms with Crippen molar-refractivity contribution in [1.29, 1.82) is 0 Å². The summed E-state index contributed by atoms with van der Waals surface area (Å²) in [5.74, 6) is -2.58. The molecule has 3 heterocycles. The number of pyridine rings is 1. The number of carbonyl (C=O) groups excluding carboxylic acids is 1. The molecule has 136 valence electrons. The van der Waals surface area contributed by atoms with Gasteiger partial charge in [0.25, 0.3) is 5.92 Å². The molecule has 0 bridgehead atoms. The van der Waals surface area contributed by atoms with E-state index in [0.717, 1.165) is 31.0 Å². The fraction of sp³-hybridized carbons (Fsp3) is 0.444. The van der Waals surface area contributed by atoms with Gasteiger partial charge in [-0.3, -0.25) is 4.79 Å². The Morgan fingerprint density at radius 3 is 2.65 bits per heavy atom. The van der Waals surface area contributed by atoms with E-state index in [9.17, 15) is 13.6 Å². The topological polar surface area (TPSA) is 71.0 Å². The maximum atomic E-state index is 13.8. The maximum Gasteiger partial charge on any atom is 0.287 e. The van der Waals surface area contributed by atoms with E-state index in [2.05, 4.69) is 20.3 Å². The van der Waals surface area contributed by atoms with Crippen LogP contribution < -0.4 is 10.2 Å². The highest BCUT2D eigenvalue weighted by atomic mass is 19.3. The number of aryl methyl sites for hydroxylation is 1. The Bertz CT molecular complexity index is 905. The molecular formula is C18H19F2N5O. The molecule has 0 unspecified atom stereocenters. The first kappa shape index (κ1) is 16.8. The first-order valence-corrected chi connectivity index (χ1v) is 8.48. The van der Waals surface area contributed by atoms with Crippen LogP contribution >= 0.6 is 0 Å². The number of amides is 1. The molecule has 0 saturated heterocycles. The van der Waals surface area contributed by atoms with E-state index < -0.39 is 5.92 Å². The van der Waals surface area contributed by atoms with Gasteiger partial charge >= 0.3 is 0 Å². The van der Waals surface area contributed by atoms with E-state index in [1.54, 1.807) is 19.2 Å². The minimum absolute atomic E-state index is 0.0148. The number of carbonyl (C=O) groups is 1.